The first-order valence-corrected chi connectivity index (χ1v) is 6.92. The van der Waals surface area contributed by atoms with Gasteiger partial charge in [0.25, 0.3) is 0 Å². The minimum Gasteiger partial charge on any atom is -0.377 e. The summed E-state index contributed by atoms with van der Waals surface area (Å²) in [5, 5.41) is 6.24. The molecule has 0 saturated heterocycles. The minimum absolute atomic E-state index is 0.465. The first kappa shape index (κ1) is 16.1. The van der Waals surface area contributed by atoms with Crippen LogP contribution in [0.25, 0.3) is 0 Å². The van der Waals surface area contributed by atoms with Gasteiger partial charge in [-0.1, -0.05) is 30.2 Å². The van der Waals surface area contributed by atoms with Gasteiger partial charge in [0.05, 0.1) is 19.7 Å². The molecule has 20 heavy (non-hydrogen) atoms. The molecule has 0 radical (unpaired) electrons. The predicted octanol–water partition coefficient (Wildman–Crippen LogP) is 1.91. The molecule has 4 nitrogen and oxygen atoms in total. The fourth-order valence-corrected chi connectivity index (χ4v) is 1.71. The van der Waals surface area contributed by atoms with Gasteiger partial charge in [-0.3, -0.25) is 0 Å². The molecule has 1 aromatic rings. The highest BCUT2D eigenvalue weighted by atomic mass is 16.5. The number of rotatable bonds is 7. The van der Waals surface area contributed by atoms with Crippen LogP contribution in [0, 0.1) is 12.3 Å². The molecule has 1 rings (SSSR count). The van der Waals surface area contributed by atoms with Crippen molar-refractivity contribution in [1.82, 2.24) is 10.6 Å². The van der Waals surface area contributed by atoms with Crippen molar-refractivity contribution in [3.8, 4) is 12.3 Å². The molecule has 0 unspecified atom stereocenters. The van der Waals surface area contributed by atoms with E-state index in [1.54, 1.807) is 0 Å². The van der Waals surface area contributed by atoms with Crippen LogP contribution in [0.4, 0.5) is 0 Å². The maximum Gasteiger partial charge on any atom is 0.192 e. The maximum absolute atomic E-state index is 5.47. The van der Waals surface area contributed by atoms with Crippen molar-refractivity contribution < 1.29 is 4.74 Å². The van der Waals surface area contributed by atoms with Crippen LogP contribution in [-0.4, -0.2) is 25.7 Å². The van der Waals surface area contributed by atoms with Crippen molar-refractivity contribution in [1.29, 1.82) is 0 Å². The summed E-state index contributed by atoms with van der Waals surface area (Å²) in [6, 6.07) is 8.18. The molecule has 0 bridgehead atoms. The Kier molecular flexibility index (Phi) is 7.93. The molecule has 1 aromatic carbocycles. The maximum atomic E-state index is 5.47. The monoisotopic (exact) mass is 273 g/mol. The molecule has 0 atom stereocenters. The number of ether oxygens (including phenoxy) is 1. The Morgan fingerprint density at radius 3 is 2.65 bits per heavy atom. The number of guanidine groups is 1. The van der Waals surface area contributed by atoms with Gasteiger partial charge in [0.2, 0.25) is 0 Å². The quantitative estimate of drug-likeness (QED) is 0.453. The molecule has 0 saturated carbocycles. The lowest BCUT2D eigenvalue weighted by atomic mass is 10.1. The van der Waals surface area contributed by atoms with Gasteiger partial charge in [0, 0.05) is 13.2 Å². The van der Waals surface area contributed by atoms with E-state index in [2.05, 4.69) is 33.7 Å². The van der Waals surface area contributed by atoms with Crippen molar-refractivity contribution in [2.75, 3.05) is 19.7 Å². The lowest BCUT2D eigenvalue weighted by Crippen LogP contribution is -2.37. The zero-order valence-electron chi connectivity index (χ0n) is 12.3. The molecule has 0 aromatic heterocycles. The van der Waals surface area contributed by atoms with Crippen LogP contribution >= 0.6 is 0 Å². The van der Waals surface area contributed by atoms with Crippen LogP contribution in [0.1, 0.15) is 25.0 Å². The van der Waals surface area contributed by atoms with Gasteiger partial charge in [-0.25, -0.2) is 4.99 Å². The number of benzene rings is 1. The SMILES string of the molecule is C#CCNC(=NCc1ccccc1COCC)NCC. The van der Waals surface area contributed by atoms with E-state index in [-0.39, 0.29) is 0 Å². The fourth-order valence-electron chi connectivity index (χ4n) is 1.71. The zero-order chi connectivity index (χ0) is 14.6. The van der Waals surface area contributed by atoms with Crippen LogP contribution in [0.5, 0.6) is 0 Å². The minimum atomic E-state index is 0.465. The molecule has 0 amide bonds. The lowest BCUT2D eigenvalue weighted by Gasteiger charge is -2.11. The topological polar surface area (TPSA) is 45.7 Å². The summed E-state index contributed by atoms with van der Waals surface area (Å²) in [5.41, 5.74) is 2.34. The van der Waals surface area contributed by atoms with Crippen molar-refractivity contribution in [2.24, 2.45) is 4.99 Å². The third-order valence-electron chi connectivity index (χ3n) is 2.69. The molecule has 108 valence electrons. The number of aliphatic imine (C=N–C) groups is 1. The summed E-state index contributed by atoms with van der Waals surface area (Å²) >= 11 is 0. The molecular formula is C16H23N3O. The average molecular weight is 273 g/mol. The van der Waals surface area contributed by atoms with Crippen molar-refractivity contribution in [2.45, 2.75) is 27.0 Å². The first-order chi connectivity index (χ1) is 9.81. The van der Waals surface area contributed by atoms with E-state index in [1.165, 1.54) is 11.1 Å². The smallest absolute Gasteiger partial charge is 0.192 e. The Hall–Kier alpha value is -1.99. The summed E-state index contributed by atoms with van der Waals surface area (Å²) in [6.07, 6.45) is 5.25. The van der Waals surface area contributed by atoms with Gasteiger partial charge in [-0.2, -0.15) is 0 Å². The van der Waals surface area contributed by atoms with Gasteiger partial charge in [0.1, 0.15) is 0 Å². The molecule has 4 heteroatoms. The molecular weight excluding hydrogens is 250 g/mol. The molecule has 0 aliphatic heterocycles. The summed E-state index contributed by atoms with van der Waals surface area (Å²) in [5.74, 6) is 3.28. The van der Waals surface area contributed by atoms with Gasteiger partial charge >= 0.3 is 0 Å². The average Bonchev–Trinajstić information content (AvgIpc) is 2.48. The standard InChI is InChI=1S/C16H23N3O/c1-4-11-18-16(17-5-2)19-12-14-9-7-8-10-15(14)13-20-6-3/h1,7-10H,5-6,11-13H2,2-3H3,(H2,17,18,19). The van der Waals surface area contributed by atoms with Crippen molar-refractivity contribution in [3.05, 3.63) is 35.4 Å². The highest BCUT2D eigenvalue weighted by Crippen LogP contribution is 2.11. The fraction of sp³-hybridized carbons (Fsp3) is 0.438. The number of hydrogen-bond acceptors (Lipinski definition) is 2. The van der Waals surface area contributed by atoms with E-state index in [0.717, 1.165) is 12.5 Å². The van der Waals surface area contributed by atoms with E-state index in [0.29, 0.717) is 26.3 Å². The Morgan fingerprint density at radius 1 is 1.25 bits per heavy atom. The second kappa shape index (κ2) is 9.88. The molecule has 0 heterocycles. The number of terminal acetylenes is 1. The number of hydrogen-bond donors (Lipinski definition) is 2. The van der Waals surface area contributed by atoms with Gasteiger partial charge in [0.15, 0.2) is 5.96 Å². The first-order valence-electron chi connectivity index (χ1n) is 6.92. The molecule has 0 aliphatic carbocycles. The molecule has 0 spiro atoms. The van der Waals surface area contributed by atoms with Crippen LogP contribution in [0.2, 0.25) is 0 Å². The van der Waals surface area contributed by atoms with Gasteiger partial charge < -0.3 is 15.4 Å². The van der Waals surface area contributed by atoms with Crippen LogP contribution < -0.4 is 10.6 Å². The van der Waals surface area contributed by atoms with E-state index in [9.17, 15) is 0 Å². The number of nitrogens with zero attached hydrogens (tertiary/aromatic N) is 1. The highest BCUT2D eigenvalue weighted by Gasteiger charge is 2.02. The Bertz CT molecular complexity index is 463. The van der Waals surface area contributed by atoms with E-state index >= 15 is 0 Å². The molecule has 0 fully saturated rings. The predicted molar refractivity (Wildman–Crippen MR) is 83.4 cm³/mol. The van der Waals surface area contributed by atoms with Crippen LogP contribution in [-0.2, 0) is 17.9 Å². The largest absolute Gasteiger partial charge is 0.377 e. The van der Waals surface area contributed by atoms with Crippen molar-refractivity contribution in [3.63, 3.8) is 0 Å². The van der Waals surface area contributed by atoms with E-state index in [1.807, 2.05) is 26.0 Å². The Balaban J connectivity index is 2.72. The van der Waals surface area contributed by atoms with Gasteiger partial charge in [-0.05, 0) is 25.0 Å². The molecule has 0 aliphatic rings. The van der Waals surface area contributed by atoms with Crippen LogP contribution in [0.15, 0.2) is 29.3 Å². The third-order valence-corrected chi connectivity index (χ3v) is 2.69. The Morgan fingerprint density at radius 2 is 2.00 bits per heavy atom. The third kappa shape index (κ3) is 5.77. The summed E-state index contributed by atoms with van der Waals surface area (Å²) < 4.78 is 5.47. The summed E-state index contributed by atoms with van der Waals surface area (Å²) in [7, 11) is 0. The highest BCUT2D eigenvalue weighted by molar-refractivity contribution is 5.80. The summed E-state index contributed by atoms with van der Waals surface area (Å²) in [4.78, 5) is 4.53. The van der Waals surface area contributed by atoms with E-state index in [4.69, 9.17) is 11.2 Å². The second-order valence-electron chi connectivity index (χ2n) is 4.16. The Labute approximate surface area is 121 Å². The second-order valence-corrected chi connectivity index (χ2v) is 4.16. The lowest BCUT2D eigenvalue weighted by molar-refractivity contribution is 0.133. The zero-order valence-corrected chi connectivity index (χ0v) is 12.3. The van der Waals surface area contributed by atoms with E-state index < -0.39 is 0 Å². The van der Waals surface area contributed by atoms with Crippen LogP contribution in [0.3, 0.4) is 0 Å². The molecule has 2 N–H and O–H groups in total. The normalized spacial score (nSPS) is 10.9. The van der Waals surface area contributed by atoms with Gasteiger partial charge in [-0.15, -0.1) is 6.42 Å². The van der Waals surface area contributed by atoms with Crippen molar-refractivity contribution >= 4 is 5.96 Å². The summed E-state index contributed by atoms with van der Waals surface area (Å²) in [6.45, 7) is 7.22. The number of nitrogens with one attached hydrogen (secondary N) is 2.